The summed E-state index contributed by atoms with van der Waals surface area (Å²) in [5.74, 6) is -2.05. The van der Waals surface area contributed by atoms with Gasteiger partial charge in [-0.2, -0.15) is 0 Å². The first-order valence-corrected chi connectivity index (χ1v) is 13.5. The Balaban J connectivity index is 1.59. The minimum absolute atomic E-state index is 0.0645. The van der Waals surface area contributed by atoms with Crippen LogP contribution in [0.2, 0.25) is 0 Å². The van der Waals surface area contributed by atoms with Crippen molar-refractivity contribution >= 4 is 33.3 Å². The number of carbonyl (C=O) groups excluding carboxylic acids is 1. The van der Waals surface area contributed by atoms with Gasteiger partial charge >= 0.3 is 12.3 Å². The van der Waals surface area contributed by atoms with Crippen molar-refractivity contribution in [3.05, 3.63) is 71.1 Å². The van der Waals surface area contributed by atoms with Crippen LogP contribution in [0.15, 0.2) is 60.0 Å². The molecule has 3 atom stereocenters. The Kier molecular flexibility index (Phi) is 8.18. The molecular weight excluding hydrogens is 547 g/mol. The van der Waals surface area contributed by atoms with Gasteiger partial charge < -0.3 is 25.0 Å². The van der Waals surface area contributed by atoms with Crippen molar-refractivity contribution in [1.29, 1.82) is 0 Å². The molecule has 1 amide bonds. The summed E-state index contributed by atoms with van der Waals surface area (Å²) < 4.78 is 48.2. The van der Waals surface area contributed by atoms with E-state index >= 15 is 0 Å². The smallest absolute Gasteiger partial charge is 0.487 e. The molecule has 0 aliphatic heterocycles. The van der Waals surface area contributed by atoms with E-state index in [9.17, 15) is 33.0 Å². The molecule has 40 heavy (non-hydrogen) atoms. The van der Waals surface area contributed by atoms with Crippen LogP contribution >= 0.6 is 11.3 Å². The second kappa shape index (κ2) is 11.1. The minimum atomic E-state index is -4.81. The maximum atomic E-state index is 13.6. The van der Waals surface area contributed by atoms with Crippen LogP contribution in [-0.4, -0.2) is 40.1 Å². The Hall–Kier alpha value is -3.57. The van der Waals surface area contributed by atoms with E-state index in [0.717, 1.165) is 4.70 Å². The zero-order valence-corrected chi connectivity index (χ0v) is 22.8. The van der Waals surface area contributed by atoms with Crippen LogP contribution in [0.25, 0.3) is 10.1 Å². The van der Waals surface area contributed by atoms with E-state index in [2.05, 4.69) is 16.6 Å². The third kappa shape index (κ3) is 6.59. The number of hydrogen-bond acceptors (Lipinski definition) is 6. The second-order valence-electron chi connectivity index (χ2n) is 10.5. The number of amides is 1. The van der Waals surface area contributed by atoms with Gasteiger partial charge in [-0.25, -0.2) is 4.79 Å². The van der Waals surface area contributed by atoms with E-state index in [0.29, 0.717) is 35.8 Å². The first kappa shape index (κ1) is 29.4. The van der Waals surface area contributed by atoms with Crippen molar-refractivity contribution in [3.8, 4) is 11.5 Å². The molecule has 2 unspecified atom stereocenters. The number of aliphatic hydroxyl groups is 1. The third-order valence-electron chi connectivity index (χ3n) is 7.21. The number of rotatable bonds is 9. The van der Waals surface area contributed by atoms with Gasteiger partial charge in [-0.15, -0.1) is 24.5 Å². The lowest BCUT2D eigenvalue weighted by Crippen LogP contribution is -2.56. The molecule has 7 nitrogen and oxygen atoms in total. The summed E-state index contributed by atoms with van der Waals surface area (Å²) in [4.78, 5) is 26.0. The lowest BCUT2D eigenvalue weighted by Gasteiger charge is -2.47. The lowest BCUT2D eigenvalue weighted by molar-refractivity contribution is -0.274. The van der Waals surface area contributed by atoms with Gasteiger partial charge in [0.05, 0.1) is 11.2 Å². The van der Waals surface area contributed by atoms with Gasteiger partial charge in [0.15, 0.2) is 0 Å². The molecule has 1 heterocycles. The predicted molar refractivity (Wildman–Crippen MR) is 145 cm³/mol. The number of benzene rings is 2. The molecule has 0 spiro atoms. The van der Waals surface area contributed by atoms with Crippen LogP contribution in [0.1, 0.15) is 55.5 Å². The highest BCUT2D eigenvalue weighted by Gasteiger charge is 2.49. The quantitative estimate of drug-likeness (QED) is 0.253. The number of carboxylic acid groups (broad SMARTS) is 1. The van der Waals surface area contributed by atoms with Crippen molar-refractivity contribution in [2.45, 2.75) is 64.1 Å². The molecule has 1 saturated carbocycles. The number of fused-ring (bicyclic) bond motifs is 1. The lowest BCUT2D eigenvalue weighted by atomic mass is 9.62. The summed E-state index contributed by atoms with van der Waals surface area (Å²) >= 11 is 1.43. The molecule has 3 aromatic rings. The number of ether oxygens (including phenoxy) is 2. The zero-order chi connectivity index (χ0) is 29.3. The molecule has 1 aliphatic carbocycles. The summed E-state index contributed by atoms with van der Waals surface area (Å²) in [5, 5.41) is 26.3. The van der Waals surface area contributed by atoms with E-state index < -0.39 is 35.3 Å². The molecule has 3 N–H and O–H groups in total. The Morgan fingerprint density at radius 3 is 2.48 bits per heavy atom. The minimum Gasteiger partial charge on any atom is -0.487 e. The first-order valence-electron chi connectivity index (χ1n) is 12.6. The molecule has 214 valence electrons. The van der Waals surface area contributed by atoms with E-state index in [1.54, 1.807) is 25.1 Å². The molecule has 1 aliphatic rings. The van der Waals surface area contributed by atoms with Gasteiger partial charge in [-0.05, 0) is 67.0 Å². The molecule has 4 rings (SSSR count). The van der Waals surface area contributed by atoms with E-state index in [-0.39, 0.29) is 30.1 Å². The Morgan fingerprint density at radius 2 is 1.85 bits per heavy atom. The van der Waals surface area contributed by atoms with Crippen molar-refractivity contribution in [2.75, 3.05) is 0 Å². The molecule has 1 fully saturated rings. The second-order valence-corrected chi connectivity index (χ2v) is 11.5. The van der Waals surface area contributed by atoms with E-state index in [4.69, 9.17) is 4.74 Å². The maximum Gasteiger partial charge on any atom is 0.573 e. The fraction of sp³-hybridized carbons (Fsp3) is 0.379. The molecule has 0 radical (unpaired) electrons. The fourth-order valence-corrected chi connectivity index (χ4v) is 6.25. The number of halogens is 3. The van der Waals surface area contributed by atoms with Crippen molar-refractivity contribution in [1.82, 2.24) is 5.32 Å². The number of alkyl halides is 3. The number of aliphatic carboxylic acids is 1. The van der Waals surface area contributed by atoms with Gasteiger partial charge in [0.1, 0.15) is 24.1 Å². The molecule has 11 heteroatoms. The zero-order valence-electron chi connectivity index (χ0n) is 22.0. The van der Waals surface area contributed by atoms with Crippen LogP contribution in [0.4, 0.5) is 13.2 Å². The van der Waals surface area contributed by atoms with Gasteiger partial charge in [0.2, 0.25) is 0 Å². The number of nitrogens with one attached hydrogen (secondary N) is 1. The maximum absolute atomic E-state index is 13.6. The monoisotopic (exact) mass is 577 g/mol. The normalized spacial score (nSPS) is 22.1. The molecule has 0 bridgehead atoms. The number of carbonyl (C=O) groups is 2. The van der Waals surface area contributed by atoms with Crippen LogP contribution in [0.5, 0.6) is 11.5 Å². The predicted octanol–water partition coefficient (Wildman–Crippen LogP) is 6.45. The van der Waals surface area contributed by atoms with E-state index in [1.807, 2.05) is 12.3 Å². The van der Waals surface area contributed by atoms with Crippen LogP contribution in [0.3, 0.4) is 0 Å². The average Bonchev–Trinajstić information content (AvgIpc) is 3.34. The highest BCUT2D eigenvalue weighted by atomic mass is 32.1. The van der Waals surface area contributed by atoms with Crippen molar-refractivity contribution in [2.24, 2.45) is 5.41 Å². The number of thiophene rings is 1. The SMILES string of the molecule is C=C1CC(O)(CC)C[C@](C)(C(NC(=O)c2ccc3sccc3c2OCc2ccc(OC(F)(F)F)cc2)C(=O)O)C1. The van der Waals surface area contributed by atoms with E-state index in [1.165, 1.54) is 35.6 Å². The standard InChI is InChI=1S/C29H30F3NO6S/c1-4-28(37)14-17(2)13-27(3,16-28)24(26(35)36)33-25(34)21-9-10-22-20(11-12-40-22)23(21)38-15-18-5-7-19(8-6-18)39-29(30,31)32/h5-12,24,37H,2,4,13-16H2,1,3H3,(H,33,34)(H,35,36)/t24?,27-,28?/m1/s1. The molecule has 1 aromatic heterocycles. The van der Waals surface area contributed by atoms with Crippen LogP contribution in [-0.2, 0) is 11.4 Å². The summed E-state index contributed by atoms with van der Waals surface area (Å²) in [5.41, 5.74) is -0.752. The molecule has 2 aromatic carbocycles. The highest BCUT2D eigenvalue weighted by Crippen LogP contribution is 2.47. The Morgan fingerprint density at radius 1 is 1.15 bits per heavy atom. The van der Waals surface area contributed by atoms with Gasteiger partial charge in [0, 0.05) is 15.5 Å². The Labute approximate surface area is 233 Å². The van der Waals surface area contributed by atoms with Crippen LogP contribution < -0.4 is 14.8 Å². The van der Waals surface area contributed by atoms with Crippen LogP contribution in [0, 0.1) is 5.41 Å². The largest absolute Gasteiger partial charge is 0.573 e. The Bertz CT molecular complexity index is 1420. The topological polar surface area (TPSA) is 105 Å². The number of carboxylic acids is 1. The number of hydrogen-bond donors (Lipinski definition) is 3. The summed E-state index contributed by atoms with van der Waals surface area (Å²) in [6.45, 7) is 7.49. The van der Waals surface area contributed by atoms with Crippen molar-refractivity contribution < 1.29 is 42.4 Å². The van der Waals surface area contributed by atoms with Gasteiger partial charge in [-0.3, -0.25) is 4.79 Å². The molecule has 0 saturated heterocycles. The average molecular weight is 578 g/mol. The summed E-state index contributed by atoms with van der Waals surface area (Å²) in [6.07, 6.45) is -3.52. The fourth-order valence-electron chi connectivity index (χ4n) is 5.47. The third-order valence-corrected chi connectivity index (χ3v) is 8.10. The summed E-state index contributed by atoms with van der Waals surface area (Å²) in [6, 6.07) is 8.91. The van der Waals surface area contributed by atoms with Gasteiger partial charge in [0.25, 0.3) is 5.91 Å². The van der Waals surface area contributed by atoms with Crippen molar-refractivity contribution in [3.63, 3.8) is 0 Å². The van der Waals surface area contributed by atoms with Gasteiger partial charge in [-0.1, -0.05) is 38.1 Å². The first-order chi connectivity index (χ1) is 18.7. The highest BCUT2D eigenvalue weighted by molar-refractivity contribution is 7.17. The molecular formula is C29H30F3NO6S. The summed E-state index contributed by atoms with van der Waals surface area (Å²) in [7, 11) is 0.